The molecule has 0 saturated heterocycles. The van der Waals surface area contributed by atoms with E-state index in [-0.39, 0.29) is 5.75 Å². The minimum Gasteiger partial charge on any atom is -0.508 e. The summed E-state index contributed by atoms with van der Waals surface area (Å²) in [7, 11) is 3.89. The first-order chi connectivity index (χ1) is 8.06. The number of nitrogen functional groups attached to an aromatic ring is 1. The Bertz CT molecular complexity index is 520. The Morgan fingerprint density at radius 1 is 1.35 bits per heavy atom. The quantitative estimate of drug-likeness (QED) is 0.843. The second-order valence-electron chi connectivity index (χ2n) is 4.20. The van der Waals surface area contributed by atoms with Gasteiger partial charge in [0, 0.05) is 23.7 Å². The van der Waals surface area contributed by atoms with Crippen LogP contribution in [0, 0.1) is 0 Å². The fourth-order valence-electron chi connectivity index (χ4n) is 1.63. The van der Waals surface area contributed by atoms with Gasteiger partial charge in [-0.2, -0.15) is 0 Å². The van der Waals surface area contributed by atoms with Gasteiger partial charge in [-0.15, -0.1) is 0 Å². The molecule has 5 nitrogen and oxygen atoms in total. The van der Waals surface area contributed by atoms with Crippen molar-refractivity contribution in [2.45, 2.75) is 6.54 Å². The van der Waals surface area contributed by atoms with Gasteiger partial charge in [0.15, 0.2) is 11.6 Å². The van der Waals surface area contributed by atoms with Crippen molar-refractivity contribution in [2.24, 2.45) is 0 Å². The Morgan fingerprint density at radius 2 is 2.12 bits per heavy atom. The molecule has 0 saturated carbocycles. The third kappa shape index (κ3) is 2.57. The molecule has 3 N–H and O–H groups in total. The van der Waals surface area contributed by atoms with Gasteiger partial charge in [0.25, 0.3) is 0 Å². The maximum Gasteiger partial charge on any atom is 0.169 e. The smallest absolute Gasteiger partial charge is 0.169 e. The summed E-state index contributed by atoms with van der Waals surface area (Å²) in [6.07, 6.45) is 0. The van der Waals surface area contributed by atoms with Crippen LogP contribution in [0.5, 0.6) is 5.75 Å². The van der Waals surface area contributed by atoms with Crippen LogP contribution in [-0.4, -0.2) is 29.3 Å². The number of nitrogens with zero attached hydrogens (tertiary/aromatic N) is 2. The van der Waals surface area contributed by atoms with E-state index in [0.29, 0.717) is 18.1 Å². The molecule has 0 unspecified atom stereocenters. The van der Waals surface area contributed by atoms with Gasteiger partial charge in [0.1, 0.15) is 5.75 Å². The zero-order valence-electron chi connectivity index (χ0n) is 9.84. The van der Waals surface area contributed by atoms with E-state index in [1.807, 2.05) is 25.1 Å². The second kappa shape index (κ2) is 4.47. The van der Waals surface area contributed by atoms with Gasteiger partial charge in [0.05, 0.1) is 0 Å². The van der Waals surface area contributed by atoms with E-state index in [0.717, 1.165) is 11.1 Å². The topological polar surface area (TPSA) is 75.5 Å². The molecule has 0 aliphatic rings. The number of phenols is 1. The molecule has 17 heavy (non-hydrogen) atoms. The highest BCUT2D eigenvalue weighted by Crippen LogP contribution is 2.27. The Balaban J connectivity index is 2.36. The normalized spacial score (nSPS) is 11.0. The number of anilines is 1. The molecule has 1 heterocycles. The van der Waals surface area contributed by atoms with Crippen LogP contribution in [0.15, 0.2) is 28.8 Å². The highest BCUT2D eigenvalue weighted by Gasteiger charge is 2.09. The van der Waals surface area contributed by atoms with Gasteiger partial charge < -0.3 is 20.3 Å². The summed E-state index contributed by atoms with van der Waals surface area (Å²) >= 11 is 0. The summed E-state index contributed by atoms with van der Waals surface area (Å²) in [5, 5.41) is 13.4. The molecule has 0 atom stereocenters. The van der Waals surface area contributed by atoms with Crippen molar-refractivity contribution in [3.8, 4) is 17.1 Å². The lowest BCUT2D eigenvalue weighted by atomic mass is 10.1. The number of hydrogen-bond acceptors (Lipinski definition) is 5. The fraction of sp³-hybridized carbons (Fsp3) is 0.250. The minimum atomic E-state index is 0.273. The minimum absolute atomic E-state index is 0.273. The van der Waals surface area contributed by atoms with Crippen LogP contribution in [0.3, 0.4) is 0 Å². The molecule has 0 amide bonds. The van der Waals surface area contributed by atoms with Gasteiger partial charge in [-0.3, -0.25) is 0 Å². The standard InChI is InChI=1S/C12H15N3O2/c1-15(2)7-9-5-8(3-4-10(9)16)11-6-12(13)14-17-11/h3-6,16H,7H2,1-2H3,(H2,13,14). The van der Waals surface area contributed by atoms with E-state index in [4.69, 9.17) is 10.3 Å². The Morgan fingerprint density at radius 3 is 2.71 bits per heavy atom. The highest BCUT2D eigenvalue weighted by atomic mass is 16.5. The van der Waals surface area contributed by atoms with Crippen molar-refractivity contribution in [1.82, 2.24) is 10.1 Å². The van der Waals surface area contributed by atoms with E-state index in [1.54, 1.807) is 18.2 Å². The van der Waals surface area contributed by atoms with Gasteiger partial charge in [0.2, 0.25) is 0 Å². The Hall–Kier alpha value is -2.01. The lowest BCUT2D eigenvalue weighted by Gasteiger charge is -2.11. The number of hydrogen-bond donors (Lipinski definition) is 2. The first-order valence-electron chi connectivity index (χ1n) is 5.25. The number of rotatable bonds is 3. The van der Waals surface area contributed by atoms with Gasteiger partial charge in [-0.1, -0.05) is 5.16 Å². The first-order valence-corrected chi connectivity index (χ1v) is 5.25. The molecule has 2 aromatic rings. The predicted octanol–water partition coefficient (Wildman–Crippen LogP) is 1.69. The van der Waals surface area contributed by atoms with Crippen molar-refractivity contribution in [2.75, 3.05) is 19.8 Å². The van der Waals surface area contributed by atoms with Crippen LogP contribution in [-0.2, 0) is 6.54 Å². The third-order valence-corrected chi connectivity index (χ3v) is 2.38. The van der Waals surface area contributed by atoms with Crippen molar-refractivity contribution >= 4 is 5.82 Å². The number of phenolic OH excluding ortho intramolecular Hbond substituents is 1. The van der Waals surface area contributed by atoms with Crippen LogP contribution in [0.1, 0.15) is 5.56 Å². The Kier molecular flexibility index (Phi) is 3.01. The summed E-state index contributed by atoms with van der Waals surface area (Å²) in [5.41, 5.74) is 7.19. The molecule has 0 spiro atoms. The molecule has 0 aliphatic heterocycles. The van der Waals surface area contributed by atoms with Crippen LogP contribution >= 0.6 is 0 Å². The summed E-state index contributed by atoms with van der Waals surface area (Å²) in [5.74, 6) is 1.22. The third-order valence-electron chi connectivity index (χ3n) is 2.38. The van der Waals surface area contributed by atoms with Crippen molar-refractivity contribution in [1.29, 1.82) is 0 Å². The van der Waals surface area contributed by atoms with Crippen LogP contribution < -0.4 is 5.73 Å². The average molecular weight is 233 g/mol. The molecule has 0 aliphatic carbocycles. The van der Waals surface area contributed by atoms with Crippen LogP contribution in [0.4, 0.5) is 5.82 Å². The maximum absolute atomic E-state index is 9.74. The van der Waals surface area contributed by atoms with Crippen molar-refractivity contribution in [3.63, 3.8) is 0 Å². The molecular weight excluding hydrogens is 218 g/mol. The molecule has 0 radical (unpaired) electrons. The molecule has 1 aromatic heterocycles. The van der Waals surface area contributed by atoms with E-state index < -0.39 is 0 Å². The lowest BCUT2D eigenvalue weighted by molar-refractivity contribution is 0.385. The zero-order valence-corrected chi connectivity index (χ0v) is 9.84. The molecular formula is C12H15N3O2. The molecule has 1 aromatic carbocycles. The number of benzene rings is 1. The van der Waals surface area contributed by atoms with Crippen LogP contribution in [0.25, 0.3) is 11.3 Å². The maximum atomic E-state index is 9.74. The second-order valence-corrected chi connectivity index (χ2v) is 4.20. The van der Waals surface area contributed by atoms with Crippen LogP contribution in [0.2, 0.25) is 0 Å². The van der Waals surface area contributed by atoms with Gasteiger partial charge in [-0.25, -0.2) is 0 Å². The van der Waals surface area contributed by atoms with Gasteiger partial charge >= 0.3 is 0 Å². The summed E-state index contributed by atoms with van der Waals surface area (Å²) in [6.45, 7) is 0.656. The van der Waals surface area contributed by atoms with Gasteiger partial charge in [-0.05, 0) is 32.3 Å². The summed E-state index contributed by atoms with van der Waals surface area (Å²) in [6, 6.07) is 6.95. The predicted molar refractivity (Wildman–Crippen MR) is 65.4 cm³/mol. The molecule has 0 fully saturated rings. The van der Waals surface area contributed by atoms with E-state index in [9.17, 15) is 5.11 Å². The lowest BCUT2D eigenvalue weighted by Crippen LogP contribution is -2.10. The van der Waals surface area contributed by atoms with E-state index >= 15 is 0 Å². The zero-order chi connectivity index (χ0) is 12.4. The largest absolute Gasteiger partial charge is 0.508 e. The average Bonchev–Trinajstić information content (AvgIpc) is 2.67. The number of aromatic hydroxyl groups is 1. The van der Waals surface area contributed by atoms with E-state index in [2.05, 4.69) is 5.16 Å². The van der Waals surface area contributed by atoms with E-state index in [1.165, 1.54) is 0 Å². The summed E-state index contributed by atoms with van der Waals surface area (Å²) in [4.78, 5) is 1.98. The monoisotopic (exact) mass is 233 g/mol. The highest BCUT2D eigenvalue weighted by molar-refractivity contribution is 5.62. The molecule has 90 valence electrons. The summed E-state index contributed by atoms with van der Waals surface area (Å²) < 4.78 is 5.08. The SMILES string of the molecule is CN(C)Cc1cc(-c2cc(N)no2)ccc1O. The van der Waals surface area contributed by atoms with Crippen molar-refractivity contribution < 1.29 is 9.63 Å². The first kappa shape index (κ1) is 11.5. The van der Waals surface area contributed by atoms with Crippen molar-refractivity contribution in [3.05, 3.63) is 29.8 Å². The molecule has 0 bridgehead atoms. The fourth-order valence-corrected chi connectivity index (χ4v) is 1.63. The number of aromatic nitrogens is 1. The molecule has 5 heteroatoms. The Labute approximate surface area is 99.4 Å². The molecule has 2 rings (SSSR count). The number of nitrogens with two attached hydrogens (primary N) is 1.